The smallest absolute Gasteiger partial charge is 0.241 e. The van der Waals surface area contributed by atoms with Gasteiger partial charge in [-0.2, -0.15) is 10.1 Å². The quantitative estimate of drug-likeness (QED) is 0.650. The van der Waals surface area contributed by atoms with Crippen molar-refractivity contribution in [2.45, 2.75) is 13.1 Å². The van der Waals surface area contributed by atoms with Gasteiger partial charge in [0.25, 0.3) is 0 Å². The predicted octanol–water partition coefficient (Wildman–Crippen LogP) is 2.12. The standard InChI is InChI=1S/C17H21N5O3/c1-21(9-12-8-18-22(2)10-12)11-16-19-17(20-25-16)13-5-6-14(23-3)15(7-13)24-4/h5-8,10H,9,11H2,1-4H3. The SMILES string of the molecule is COc1ccc(-c2noc(CN(C)Cc3cnn(C)c3)n2)cc1OC. The summed E-state index contributed by atoms with van der Waals surface area (Å²) in [7, 11) is 7.09. The largest absolute Gasteiger partial charge is 0.493 e. The number of hydrogen-bond donors (Lipinski definition) is 0. The van der Waals surface area contributed by atoms with Crippen LogP contribution in [0.1, 0.15) is 11.5 Å². The van der Waals surface area contributed by atoms with Gasteiger partial charge in [0.05, 0.1) is 27.0 Å². The lowest BCUT2D eigenvalue weighted by molar-refractivity contribution is 0.261. The molecule has 0 atom stereocenters. The van der Waals surface area contributed by atoms with E-state index in [2.05, 4.69) is 20.1 Å². The molecule has 0 radical (unpaired) electrons. The molecule has 2 aromatic heterocycles. The van der Waals surface area contributed by atoms with Crippen LogP contribution in [0, 0.1) is 0 Å². The summed E-state index contributed by atoms with van der Waals surface area (Å²) in [5.41, 5.74) is 1.94. The molecule has 0 fully saturated rings. The zero-order chi connectivity index (χ0) is 17.8. The van der Waals surface area contributed by atoms with Gasteiger partial charge in [0.1, 0.15) is 0 Å². The van der Waals surface area contributed by atoms with Crippen molar-refractivity contribution in [1.29, 1.82) is 0 Å². The lowest BCUT2D eigenvalue weighted by Gasteiger charge is -2.12. The molecule has 0 N–H and O–H groups in total. The number of rotatable bonds is 7. The van der Waals surface area contributed by atoms with Crippen molar-refractivity contribution >= 4 is 0 Å². The Labute approximate surface area is 146 Å². The topological polar surface area (TPSA) is 78.4 Å². The summed E-state index contributed by atoms with van der Waals surface area (Å²) in [6.45, 7) is 1.30. The normalized spacial score (nSPS) is 11.1. The third-order valence-corrected chi connectivity index (χ3v) is 3.73. The number of methoxy groups -OCH3 is 2. The maximum Gasteiger partial charge on any atom is 0.241 e. The van der Waals surface area contributed by atoms with E-state index in [4.69, 9.17) is 14.0 Å². The van der Waals surface area contributed by atoms with E-state index in [0.717, 1.165) is 17.7 Å². The Balaban J connectivity index is 1.69. The molecule has 3 aromatic rings. The molecule has 0 bridgehead atoms. The van der Waals surface area contributed by atoms with Gasteiger partial charge >= 0.3 is 0 Å². The lowest BCUT2D eigenvalue weighted by atomic mass is 10.2. The highest BCUT2D eigenvalue weighted by Crippen LogP contribution is 2.31. The van der Waals surface area contributed by atoms with Crippen LogP contribution < -0.4 is 9.47 Å². The van der Waals surface area contributed by atoms with Gasteiger partial charge in [0.15, 0.2) is 11.5 Å². The molecule has 25 heavy (non-hydrogen) atoms. The van der Waals surface area contributed by atoms with Crippen molar-refractivity contribution in [2.24, 2.45) is 7.05 Å². The third-order valence-electron chi connectivity index (χ3n) is 3.73. The van der Waals surface area contributed by atoms with Gasteiger partial charge < -0.3 is 14.0 Å². The summed E-state index contributed by atoms with van der Waals surface area (Å²) < 4.78 is 17.7. The molecule has 132 valence electrons. The van der Waals surface area contributed by atoms with E-state index in [1.807, 2.05) is 44.7 Å². The van der Waals surface area contributed by atoms with Crippen LogP contribution in [-0.4, -0.2) is 46.1 Å². The minimum absolute atomic E-state index is 0.519. The predicted molar refractivity (Wildman–Crippen MR) is 91.2 cm³/mol. The van der Waals surface area contributed by atoms with Crippen molar-refractivity contribution in [1.82, 2.24) is 24.8 Å². The maximum atomic E-state index is 5.37. The van der Waals surface area contributed by atoms with Gasteiger partial charge in [-0.3, -0.25) is 9.58 Å². The van der Waals surface area contributed by atoms with Crippen molar-refractivity contribution in [3.8, 4) is 22.9 Å². The fourth-order valence-corrected chi connectivity index (χ4v) is 2.56. The van der Waals surface area contributed by atoms with Gasteiger partial charge in [-0.05, 0) is 25.2 Å². The van der Waals surface area contributed by atoms with E-state index in [0.29, 0.717) is 29.8 Å². The average Bonchev–Trinajstić information content (AvgIpc) is 3.23. The number of benzene rings is 1. The highest BCUT2D eigenvalue weighted by atomic mass is 16.5. The Morgan fingerprint density at radius 2 is 1.96 bits per heavy atom. The molecule has 0 unspecified atom stereocenters. The Hall–Kier alpha value is -2.87. The molecule has 8 heteroatoms. The Bertz CT molecular complexity index is 842. The molecule has 3 rings (SSSR count). The number of ether oxygens (including phenoxy) is 2. The summed E-state index contributed by atoms with van der Waals surface area (Å²) in [6.07, 6.45) is 3.83. The highest BCUT2D eigenvalue weighted by molar-refractivity contribution is 5.60. The molecule has 2 heterocycles. The molecule has 0 spiro atoms. The molecule has 0 saturated heterocycles. The molecule has 0 aliphatic heterocycles. The summed E-state index contributed by atoms with van der Waals surface area (Å²) in [5, 5.41) is 8.22. The molecule has 1 aromatic carbocycles. The van der Waals surface area contributed by atoms with Crippen LogP contribution in [-0.2, 0) is 20.1 Å². The number of aryl methyl sites for hydroxylation is 1. The highest BCUT2D eigenvalue weighted by Gasteiger charge is 2.13. The average molecular weight is 343 g/mol. The van der Waals surface area contributed by atoms with E-state index in [-0.39, 0.29) is 0 Å². The third kappa shape index (κ3) is 3.97. The fourth-order valence-electron chi connectivity index (χ4n) is 2.56. The summed E-state index contributed by atoms with van der Waals surface area (Å²) in [6, 6.07) is 5.51. The van der Waals surface area contributed by atoms with E-state index in [1.165, 1.54) is 0 Å². The van der Waals surface area contributed by atoms with Crippen molar-refractivity contribution in [3.05, 3.63) is 42.0 Å². The van der Waals surface area contributed by atoms with Crippen LogP contribution in [0.25, 0.3) is 11.4 Å². The van der Waals surface area contributed by atoms with Gasteiger partial charge in [-0.1, -0.05) is 5.16 Å². The second-order valence-corrected chi connectivity index (χ2v) is 5.78. The summed E-state index contributed by atoms with van der Waals surface area (Å²) in [4.78, 5) is 6.55. The second-order valence-electron chi connectivity index (χ2n) is 5.78. The van der Waals surface area contributed by atoms with Crippen LogP contribution in [0.5, 0.6) is 11.5 Å². The first-order chi connectivity index (χ1) is 12.1. The van der Waals surface area contributed by atoms with Crippen LogP contribution in [0.2, 0.25) is 0 Å². The Kier molecular flexibility index (Phi) is 4.99. The molecule has 0 aliphatic rings. The minimum atomic E-state index is 0.519. The fraction of sp³-hybridized carbons (Fsp3) is 0.353. The Morgan fingerprint density at radius 1 is 1.16 bits per heavy atom. The molecule has 0 amide bonds. The first kappa shape index (κ1) is 17.0. The number of nitrogens with zero attached hydrogens (tertiary/aromatic N) is 5. The number of hydrogen-bond acceptors (Lipinski definition) is 7. The molecule has 0 saturated carbocycles. The first-order valence-corrected chi connectivity index (χ1v) is 7.80. The number of aromatic nitrogens is 4. The van der Waals surface area contributed by atoms with E-state index < -0.39 is 0 Å². The van der Waals surface area contributed by atoms with Gasteiger partial charge in [-0.15, -0.1) is 0 Å². The Morgan fingerprint density at radius 3 is 2.64 bits per heavy atom. The van der Waals surface area contributed by atoms with E-state index in [1.54, 1.807) is 18.9 Å². The summed E-state index contributed by atoms with van der Waals surface area (Å²) in [5.74, 6) is 2.35. The zero-order valence-electron chi connectivity index (χ0n) is 14.8. The van der Waals surface area contributed by atoms with Gasteiger partial charge in [0, 0.05) is 30.9 Å². The maximum absolute atomic E-state index is 5.37. The monoisotopic (exact) mass is 343 g/mol. The first-order valence-electron chi connectivity index (χ1n) is 7.80. The lowest BCUT2D eigenvalue weighted by Crippen LogP contribution is -2.17. The van der Waals surface area contributed by atoms with Gasteiger partial charge in [0.2, 0.25) is 11.7 Å². The van der Waals surface area contributed by atoms with E-state index >= 15 is 0 Å². The second kappa shape index (κ2) is 7.35. The van der Waals surface area contributed by atoms with Crippen molar-refractivity contribution in [2.75, 3.05) is 21.3 Å². The van der Waals surface area contributed by atoms with Crippen molar-refractivity contribution < 1.29 is 14.0 Å². The molecular formula is C17H21N5O3. The van der Waals surface area contributed by atoms with Crippen LogP contribution in [0.15, 0.2) is 35.1 Å². The summed E-state index contributed by atoms with van der Waals surface area (Å²) >= 11 is 0. The van der Waals surface area contributed by atoms with Crippen LogP contribution in [0.3, 0.4) is 0 Å². The van der Waals surface area contributed by atoms with Gasteiger partial charge in [-0.25, -0.2) is 0 Å². The zero-order valence-corrected chi connectivity index (χ0v) is 14.8. The molecular weight excluding hydrogens is 322 g/mol. The van der Waals surface area contributed by atoms with Crippen LogP contribution in [0.4, 0.5) is 0 Å². The minimum Gasteiger partial charge on any atom is -0.493 e. The van der Waals surface area contributed by atoms with E-state index in [9.17, 15) is 0 Å². The molecule has 0 aliphatic carbocycles. The molecule has 8 nitrogen and oxygen atoms in total. The van der Waals surface area contributed by atoms with Crippen molar-refractivity contribution in [3.63, 3.8) is 0 Å². The van der Waals surface area contributed by atoms with Crippen LogP contribution >= 0.6 is 0 Å².